The van der Waals surface area contributed by atoms with Crippen molar-refractivity contribution in [3.8, 4) is 0 Å². The zero-order valence-corrected chi connectivity index (χ0v) is 11.5. The number of aryl methyl sites for hydroxylation is 1. The second-order valence-corrected chi connectivity index (χ2v) is 5.39. The largest absolute Gasteiger partial charge is 0.304 e. The van der Waals surface area contributed by atoms with Crippen molar-refractivity contribution < 1.29 is 4.79 Å². The lowest BCUT2D eigenvalue weighted by molar-refractivity contribution is 0.0810. The molecule has 1 unspecified atom stereocenters. The van der Waals surface area contributed by atoms with Crippen LogP contribution in [-0.2, 0) is 0 Å². The average molecular weight is 246 g/mol. The van der Waals surface area contributed by atoms with Crippen molar-refractivity contribution in [2.45, 2.75) is 19.4 Å². The van der Waals surface area contributed by atoms with Crippen LogP contribution in [0.25, 0.3) is 0 Å². The Balaban J connectivity index is 2.00. The van der Waals surface area contributed by atoms with Crippen LogP contribution in [0, 0.1) is 6.92 Å². The minimum atomic E-state index is 0.252. The molecule has 1 heterocycles. The molecule has 0 saturated carbocycles. The molecule has 1 saturated heterocycles. The first-order valence-corrected chi connectivity index (χ1v) is 6.55. The van der Waals surface area contributed by atoms with Gasteiger partial charge in [0.25, 0.3) is 0 Å². The fourth-order valence-corrected chi connectivity index (χ4v) is 2.39. The summed E-state index contributed by atoms with van der Waals surface area (Å²) in [6.45, 7) is 5.15. The summed E-state index contributed by atoms with van der Waals surface area (Å²) < 4.78 is 0. The lowest BCUT2D eigenvalue weighted by Crippen LogP contribution is -2.50. The second-order valence-electron chi connectivity index (χ2n) is 5.39. The molecule has 0 radical (unpaired) electrons. The van der Waals surface area contributed by atoms with Crippen molar-refractivity contribution in [3.63, 3.8) is 0 Å². The van der Waals surface area contributed by atoms with E-state index in [0.29, 0.717) is 12.5 Å². The van der Waals surface area contributed by atoms with Gasteiger partial charge in [-0.05, 0) is 21.0 Å². The van der Waals surface area contributed by atoms with E-state index < -0.39 is 0 Å². The highest BCUT2D eigenvalue weighted by molar-refractivity contribution is 5.96. The smallest absolute Gasteiger partial charge is 0.164 e. The first kappa shape index (κ1) is 13.2. The van der Waals surface area contributed by atoms with Gasteiger partial charge in [0, 0.05) is 37.7 Å². The third-order valence-corrected chi connectivity index (χ3v) is 3.77. The van der Waals surface area contributed by atoms with E-state index >= 15 is 0 Å². The van der Waals surface area contributed by atoms with E-state index in [0.717, 1.165) is 25.2 Å². The first-order chi connectivity index (χ1) is 8.56. The molecule has 3 nitrogen and oxygen atoms in total. The van der Waals surface area contributed by atoms with Crippen LogP contribution in [-0.4, -0.2) is 55.4 Å². The quantitative estimate of drug-likeness (QED) is 0.760. The molecule has 0 aliphatic carbocycles. The Bertz CT molecular complexity index is 413. The summed E-state index contributed by atoms with van der Waals surface area (Å²) in [5.41, 5.74) is 2.03. The zero-order valence-electron chi connectivity index (χ0n) is 11.5. The summed E-state index contributed by atoms with van der Waals surface area (Å²) in [5.74, 6) is 0.252. The summed E-state index contributed by atoms with van der Waals surface area (Å²) >= 11 is 0. The van der Waals surface area contributed by atoms with Crippen molar-refractivity contribution in [2.24, 2.45) is 0 Å². The number of ketones is 1. The van der Waals surface area contributed by atoms with E-state index in [2.05, 4.69) is 23.9 Å². The predicted octanol–water partition coefficient (Wildman–Crippen LogP) is 1.81. The van der Waals surface area contributed by atoms with Gasteiger partial charge in [-0.1, -0.05) is 29.8 Å². The highest BCUT2D eigenvalue weighted by Crippen LogP contribution is 2.14. The molecular formula is C15H22N2O. The molecule has 1 fully saturated rings. The fraction of sp³-hybridized carbons (Fsp3) is 0.533. The Kier molecular flexibility index (Phi) is 4.15. The van der Waals surface area contributed by atoms with Crippen LogP contribution in [0.5, 0.6) is 0 Å². The molecule has 0 bridgehead atoms. The van der Waals surface area contributed by atoms with Crippen molar-refractivity contribution >= 4 is 5.78 Å². The number of likely N-dealkylation sites (N-methyl/N-ethyl adjacent to an activating group) is 2. The topological polar surface area (TPSA) is 23.6 Å². The maximum Gasteiger partial charge on any atom is 0.164 e. The van der Waals surface area contributed by atoms with Gasteiger partial charge >= 0.3 is 0 Å². The molecule has 1 aromatic carbocycles. The number of nitrogens with zero attached hydrogens (tertiary/aromatic N) is 2. The molecule has 0 amide bonds. The molecule has 0 aromatic heterocycles. The molecule has 1 aromatic rings. The number of hydrogen-bond acceptors (Lipinski definition) is 3. The predicted molar refractivity (Wildman–Crippen MR) is 74.0 cm³/mol. The Morgan fingerprint density at radius 3 is 2.56 bits per heavy atom. The standard InChI is InChI=1S/C15H22N2O/c1-12-4-6-13(7-5-12)15(18)10-14-11-16(2)8-9-17(14)3/h4-7,14H,8-11H2,1-3H3. The van der Waals surface area contributed by atoms with Gasteiger partial charge in [-0.25, -0.2) is 0 Å². The van der Waals surface area contributed by atoms with E-state index in [1.807, 2.05) is 31.2 Å². The molecule has 3 heteroatoms. The first-order valence-electron chi connectivity index (χ1n) is 6.55. The van der Waals surface area contributed by atoms with Crippen LogP contribution in [0.2, 0.25) is 0 Å². The molecular weight excluding hydrogens is 224 g/mol. The van der Waals surface area contributed by atoms with Crippen LogP contribution in [0.1, 0.15) is 22.3 Å². The van der Waals surface area contributed by atoms with Crippen LogP contribution >= 0.6 is 0 Å². The van der Waals surface area contributed by atoms with Crippen LogP contribution in [0.15, 0.2) is 24.3 Å². The van der Waals surface area contributed by atoms with E-state index in [4.69, 9.17) is 0 Å². The van der Waals surface area contributed by atoms with Gasteiger partial charge in [0.2, 0.25) is 0 Å². The van der Waals surface area contributed by atoms with Gasteiger partial charge in [0.1, 0.15) is 0 Å². The van der Waals surface area contributed by atoms with Gasteiger partial charge in [-0.3, -0.25) is 4.79 Å². The molecule has 2 rings (SSSR count). The van der Waals surface area contributed by atoms with Gasteiger partial charge in [-0.15, -0.1) is 0 Å². The maximum absolute atomic E-state index is 12.2. The van der Waals surface area contributed by atoms with E-state index in [1.54, 1.807) is 0 Å². The molecule has 0 spiro atoms. The third kappa shape index (κ3) is 3.18. The minimum absolute atomic E-state index is 0.252. The summed E-state index contributed by atoms with van der Waals surface area (Å²) in [6.07, 6.45) is 0.615. The number of rotatable bonds is 3. The Morgan fingerprint density at radius 1 is 1.22 bits per heavy atom. The number of benzene rings is 1. The number of piperazine rings is 1. The van der Waals surface area contributed by atoms with E-state index in [1.165, 1.54) is 5.56 Å². The fourth-order valence-electron chi connectivity index (χ4n) is 2.39. The number of carbonyl (C=O) groups excluding carboxylic acids is 1. The van der Waals surface area contributed by atoms with Crippen molar-refractivity contribution in [2.75, 3.05) is 33.7 Å². The lowest BCUT2D eigenvalue weighted by atomic mass is 10.0. The van der Waals surface area contributed by atoms with Gasteiger partial charge in [0.05, 0.1) is 0 Å². The number of hydrogen-bond donors (Lipinski definition) is 0. The molecule has 1 aliphatic heterocycles. The third-order valence-electron chi connectivity index (χ3n) is 3.77. The molecule has 98 valence electrons. The molecule has 1 aliphatic rings. The van der Waals surface area contributed by atoms with Crippen LogP contribution in [0.3, 0.4) is 0 Å². The van der Waals surface area contributed by atoms with Gasteiger partial charge in [0.15, 0.2) is 5.78 Å². The Morgan fingerprint density at radius 2 is 1.89 bits per heavy atom. The molecule has 1 atom stereocenters. The van der Waals surface area contributed by atoms with Crippen LogP contribution in [0.4, 0.5) is 0 Å². The Labute approximate surface area is 109 Å². The normalized spacial score (nSPS) is 22.1. The van der Waals surface area contributed by atoms with E-state index in [9.17, 15) is 4.79 Å². The van der Waals surface area contributed by atoms with Gasteiger partial charge < -0.3 is 9.80 Å². The monoisotopic (exact) mass is 246 g/mol. The summed E-state index contributed by atoms with van der Waals surface area (Å²) in [5, 5.41) is 0. The highest BCUT2D eigenvalue weighted by atomic mass is 16.1. The van der Waals surface area contributed by atoms with Crippen molar-refractivity contribution in [3.05, 3.63) is 35.4 Å². The molecule has 18 heavy (non-hydrogen) atoms. The SMILES string of the molecule is Cc1ccc(C(=O)CC2CN(C)CCN2C)cc1. The minimum Gasteiger partial charge on any atom is -0.304 e. The zero-order chi connectivity index (χ0) is 13.1. The number of carbonyl (C=O) groups is 1. The summed E-state index contributed by atoms with van der Waals surface area (Å²) in [7, 11) is 4.23. The molecule has 0 N–H and O–H groups in total. The second kappa shape index (κ2) is 5.63. The van der Waals surface area contributed by atoms with E-state index in [-0.39, 0.29) is 5.78 Å². The maximum atomic E-state index is 12.2. The van der Waals surface area contributed by atoms with Gasteiger partial charge in [-0.2, -0.15) is 0 Å². The van der Waals surface area contributed by atoms with Crippen molar-refractivity contribution in [1.29, 1.82) is 0 Å². The Hall–Kier alpha value is -1.19. The van der Waals surface area contributed by atoms with Crippen LogP contribution < -0.4 is 0 Å². The lowest BCUT2D eigenvalue weighted by Gasteiger charge is -2.37. The number of Topliss-reactive ketones (excluding diaryl/α,β-unsaturated/α-hetero) is 1. The summed E-state index contributed by atoms with van der Waals surface area (Å²) in [4.78, 5) is 16.8. The average Bonchev–Trinajstić information content (AvgIpc) is 2.34. The van der Waals surface area contributed by atoms with Crippen molar-refractivity contribution in [1.82, 2.24) is 9.80 Å². The summed E-state index contributed by atoms with van der Waals surface area (Å²) in [6, 6.07) is 8.22. The highest BCUT2D eigenvalue weighted by Gasteiger charge is 2.24.